The lowest BCUT2D eigenvalue weighted by atomic mass is 10.0. The summed E-state index contributed by atoms with van der Waals surface area (Å²) < 4.78 is 68.5. The van der Waals surface area contributed by atoms with Crippen LogP contribution in [0.15, 0.2) is 18.2 Å². The minimum atomic E-state index is -4.57. The second-order valence-electron chi connectivity index (χ2n) is 6.40. The smallest absolute Gasteiger partial charge is 0.416 e. The van der Waals surface area contributed by atoms with E-state index >= 15 is 0 Å². The van der Waals surface area contributed by atoms with Crippen LogP contribution >= 0.6 is 0 Å². The number of carbonyl (C=O) groups is 1. The summed E-state index contributed by atoms with van der Waals surface area (Å²) in [6.45, 7) is 2.14. The molecular formula is C16H18F3NO4S. The second-order valence-corrected chi connectivity index (χ2v) is 8.55. The third-order valence-corrected chi connectivity index (χ3v) is 6.27. The number of rotatable bonds is 4. The first-order valence-electron chi connectivity index (χ1n) is 7.99. The third-order valence-electron chi connectivity index (χ3n) is 4.48. The molecule has 0 aliphatic carbocycles. The highest BCUT2D eigenvalue weighted by atomic mass is 32.2. The number of sulfone groups is 1. The number of hydrogen-bond donors (Lipinski definition) is 0. The lowest BCUT2D eigenvalue weighted by Crippen LogP contribution is -2.36. The molecule has 3 rings (SSSR count). The Balaban J connectivity index is 2.05. The highest BCUT2D eigenvalue weighted by Gasteiger charge is 2.50. The summed E-state index contributed by atoms with van der Waals surface area (Å²) in [5.41, 5.74) is -0.902. The van der Waals surface area contributed by atoms with E-state index < -0.39 is 27.6 Å². The van der Waals surface area contributed by atoms with E-state index in [1.54, 1.807) is 0 Å². The second kappa shape index (κ2) is 6.19. The SMILES string of the molecule is CCCOc1ccc(C(F)(F)F)cc1N1C(=O)C[C@@H]2CS(=O)(=O)C[C@@H]21. The van der Waals surface area contributed by atoms with Crippen molar-refractivity contribution >= 4 is 21.4 Å². The Kier molecular flexibility index (Phi) is 4.47. The molecule has 2 saturated heterocycles. The van der Waals surface area contributed by atoms with Gasteiger partial charge in [-0.25, -0.2) is 8.42 Å². The van der Waals surface area contributed by atoms with Gasteiger partial charge < -0.3 is 9.64 Å². The maximum atomic E-state index is 13.1. The summed E-state index contributed by atoms with van der Waals surface area (Å²) >= 11 is 0. The number of amides is 1. The van der Waals surface area contributed by atoms with Gasteiger partial charge in [-0.1, -0.05) is 6.92 Å². The number of halogens is 3. The molecule has 1 aromatic carbocycles. The van der Waals surface area contributed by atoms with Crippen LogP contribution in [0.1, 0.15) is 25.3 Å². The fraction of sp³-hybridized carbons (Fsp3) is 0.562. The van der Waals surface area contributed by atoms with E-state index in [4.69, 9.17) is 4.74 Å². The molecule has 0 bridgehead atoms. The highest BCUT2D eigenvalue weighted by Crippen LogP contribution is 2.43. The van der Waals surface area contributed by atoms with Gasteiger partial charge in [0, 0.05) is 12.3 Å². The van der Waals surface area contributed by atoms with E-state index in [2.05, 4.69) is 0 Å². The maximum absolute atomic E-state index is 13.1. The van der Waals surface area contributed by atoms with Crippen molar-refractivity contribution in [2.75, 3.05) is 23.0 Å². The molecule has 5 nitrogen and oxygen atoms in total. The number of fused-ring (bicyclic) bond motifs is 1. The normalized spacial score (nSPS) is 25.3. The van der Waals surface area contributed by atoms with Crippen LogP contribution in [0.25, 0.3) is 0 Å². The van der Waals surface area contributed by atoms with Crippen molar-refractivity contribution < 1.29 is 31.1 Å². The first kappa shape index (κ1) is 18.0. The molecule has 138 valence electrons. The molecule has 0 N–H and O–H groups in total. The van der Waals surface area contributed by atoms with Crippen molar-refractivity contribution in [2.24, 2.45) is 5.92 Å². The minimum Gasteiger partial charge on any atom is -0.491 e. The van der Waals surface area contributed by atoms with Crippen molar-refractivity contribution in [3.63, 3.8) is 0 Å². The van der Waals surface area contributed by atoms with Gasteiger partial charge in [-0.05, 0) is 24.6 Å². The van der Waals surface area contributed by atoms with Crippen molar-refractivity contribution in [3.05, 3.63) is 23.8 Å². The number of carbonyl (C=O) groups excluding carboxylic acids is 1. The minimum absolute atomic E-state index is 0.00197. The standard InChI is InChI=1S/C16H18F3NO4S/c1-2-5-24-14-4-3-11(16(17,18)19)7-12(14)20-13-9-25(22,23)8-10(13)6-15(20)21/h3-4,7,10,13H,2,5-6,8-9H2,1H3/t10-,13+/m1/s1. The predicted octanol–water partition coefficient (Wildman–Crippen LogP) is 2.64. The first-order chi connectivity index (χ1) is 11.6. The molecule has 0 unspecified atom stereocenters. The zero-order valence-corrected chi connectivity index (χ0v) is 14.4. The predicted molar refractivity (Wildman–Crippen MR) is 85.3 cm³/mol. The van der Waals surface area contributed by atoms with E-state index in [-0.39, 0.29) is 47.8 Å². The van der Waals surface area contributed by atoms with Crippen molar-refractivity contribution in [3.8, 4) is 5.75 Å². The molecule has 0 saturated carbocycles. The topological polar surface area (TPSA) is 63.7 Å². The van der Waals surface area contributed by atoms with Crippen LogP contribution < -0.4 is 9.64 Å². The van der Waals surface area contributed by atoms with Crippen molar-refractivity contribution in [1.82, 2.24) is 0 Å². The zero-order valence-electron chi connectivity index (χ0n) is 13.5. The van der Waals surface area contributed by atoms with Gasteiger partial charge >= 0.3 is 6.18 Å². The molecule has 9 heteroatoms. The van der Waals surface area contributed by atoms with E-state index in [1.807, 2.05) is 6.92 Å². The van der Waals surface area contributed by atoms with Crippen LogP contribution in [0.2, 0.25) is 0 Å². The number of anilines is 1. The highest BCUT2D eigenvalue weighted by molar-refractivity contribution is 7.91. The van der Waals surface area contributed by atoms with Crippen LogP contribution in [-0.2, 0) is 20.8 Å². The molecule has 2 aliphatic heterocycles. The molecule has 2 aliphatic rings. The molecule has 0 spiro atoms. The van der Waals surface area contributed by atoms with Crippen LogP contribution in [0.3, 0.4) is 0 Å². The van der Waals surface area contributed by atoms with E-state index in [1.165, 1.54) is 11.0 Å². The van der Waals surface area contributed by atoms with Gasteiger partial charge in [0.25, 0.3) is 0 Å². The average Bonchev–Trinajstić information content (AvgIpc) is 2.94. The van der Waals surface area contributed by atoms with Crippen molar-refractivity contribution in [2.45, 2.75) is 32.0 Å². The third kappa shape index (κ3) is 3.47. The molecule has 25 heavy (non-hydrogen) atoms. The maximum Gasteiger partial charge on any atom is 0.416 e. The molecule has 2 atom stereocenters. The molecule has 2 heterocycles. The van der Waals surface area contributed by atoms with Gasteiger partial charge in [-0.2, -0.15) is 13.2 Å². The Bertz CT molecular complexity index is 791. The summed E-state index contributed by atoms with van der Waals surface area (Å²) in [5.74, 6) is -0.929. The average molecular weight is 377 g/mol. The Hall–Kier alpha value is -1.77. The Labute approximate surface area is 143 Å². The van der Waals surface area contributed by atoms with Gasteiger partial charge in [0.2, 0.25) is 5.91 Å². The quantitative estimate of drug-likeness (QED) is 0.809. The number of hydrogen-bond acceptors (Lipinski definition) is 4. The molecule has 1 aromatic rings. The van der Waals surface area contributed by atoms with Gasteiger partial charge in [-0.3, -0.25) is 4.79 Å². The Morgan fingerprint density at radius 1 is 1.28 bits per heavy atom. The summed E-state index contributed by atoms with van der Waals surface area (Å²) in [4.78, 5) is 13.6. The Morgan fingerprint density at radius 2 is 2.00 bits per heavy atom. The molecule has 0 aromatic heterocycles. The fourth-order valence-corrected chi connectivity index (χ4v) is 5.49. The van der Waals surface area contributed by atoms with E-state index in [0.29, 0.717) is 6.42 Å². The number of nitrogens with zero attached hydrogens (tertiary/aromatic N) is 1. The first-order valence-corrected chi connectivity index (χ1v) is 9.81. The lowest BCUT2D eigenvalue weighted by molar-refractivity contribution is -0.137. The summed E-state index contributed by atoms with van der Waals surface area (Å²) in [6.07, 6.45) is -3.90. The van der Waals surface area contributed by atoms with Gasteiger partial charge in [0.15, 0.2) is 9.84 Å². The Morgan fingerprint density at radius 3 is 2.64 bits per heavy atom. The van der Waals surface area contributed by atoms with Gasteiger partial charge in [0.05, 0.1) is 35.4 Å². The molecule has 1 amide bonds. The van der Waals surface area contributed by atoms with Crippen LogP contribution in [-0.4, -0.2) is 38.5 Å². The summed E-state index contributed by atoms with van der Waals surface area (Å²) in [5, 5.41) is 0. The number of benzene rings is 1. The van der Waals surface area contributed by atoms with Crippen LogP contribution in [0.4, 0.5) is 18.9 Å². The monoisotopic (exact) mass is 377 g/mol. The fourth-order valence-electron chi connectivity index (χ4n) is 3.42. The summed E-state index contributed by atoms with van der Waals surface area (Å²) in [6, 6.07) is 2.33. The zero-order chi connectivity index (χ0) is 18.4. The number of alkyl halides is 3. The van der Waals surface area contributed by atoms with E-state index in [0.717, 1.165) is 12.1 Å². The van der Waals surface area contributed by atoms with Gasteiger partial charge in [-0.15, -0.1) is 0 Å². The largest absolute Gasteiger partial charge is 0.491 e. The summed E-state index contributed by atoms with van der Waals surface area (Å²) in [7, 11) is -3.30. The van der Waals surface area contributed by atoms with Crippen molar-refractivity contribution in [1.29, 1.82) is 0 Å². The van der Waals surface area contributed by atoms with Gasteiger partial charge in [0.1, 0.15) is 5.75 Å². The van der Waals surface area contributed by atoms with E-state index in [9.17, 15) is 26.4 Å². The molecule has 0 radical (unpaired) electrons. The lowest BCUT2D eigenvalue weighted by Gasteiger charge is -2.26. The van der Waals surface area contributed by atoms with Crippen LogP contribution in [0, 0.1) is 5.92 Å². The van der Waals surface area contributed by atoms with Crippen LogP contribution in [0.5, 0.6) is 5.75 Å². The number of ether oxygens (including phenoxy) is 1. The molecular weight excluding hydrogens is 359 g/mol. The molecule has 2 fully saturated rings.